The molecule has 0 saturated heterocycles. The van der Waals surface area contributed by atoms with Crippen molar-refractivity contribution < 1.29 is 0 Å². The molecule has 1 aliphatic carbocycles. The second-order valence-corrected chi connectivity index (χ2v) is 4.16. The predicted molar refractivity (Wildman–Crippen MR) is 55.0 cm³/mol. The van der Waals surface area contributed by atoms with E-state index in [4.69, 9.17) is 0 Å². The highest BCUT2D eigenvalue weighted by Gasteiger charge is 2.18. The molecular formula is C12H18. The fourth-order valence-corrected chi connectivity index (χ4v) is 1.32. The normalized spacial score (nSPS) is 23.6. The van der Waals surface area contributed by atoms with E-state index in [-0.39, 0.29) is 5.41 Å². The summed E-state index contributed by atoms with van der Waals surface area (Å²) in [7, 11) is 0. The van der Waals surface area contributed by atoms with Crippen LogP contribution in [0.1, 0.15) is 27.2 Å². The second kappa shape index (κ2) is 3.30. The molecule has 0 aromatic carbocycles. The first kappa shape index (κ1) is 9.31. The molecule has 1 atom stereocenters. The van der Waals surface area contributed by atoms with Gasteiger partial charge in [-0.3, -0.25) is 0 Å². The van der Waals surface area contributed by atoms with E-state index in [1.165, 1.54) is 12.0 Å². The average molecular weight is 162 g/mol. The molecule has 0 fully saturated rings. The molecule has 0 amide bonds. The van der Waals surface area contributed by atoms with Crippen LogP contribution in [0.5, 0.6) is 0 Å². The van der Waals surface area contributed by atoms with Crippen molar-refractivity contribution in [2.24, 2.45) is 11.3 Å². The maximum absolute atomic E-state index is 3.85. The van der Waals surface area contributed by atoms with Gasteiger partial charge in [-0.1, -0.05) is 45.1 Å². The molecule has 0 aromatic heterocycles. The van der Waals surface area contributed by atoms with Crippen molar-refractivity contribution in [1.82, 2.24) is 0 Å². The smallest absolute Gasteiger partial charge is 0.00694 e. The van der Waals surface area contributed by atoms with Crippen LogP contribution in [0.3, 0.4) is 0 Å². The zero-order valence-electron chi connectivity index (χ0n) is 8.30. The molecule has 0 heterocycles. The highest BCUT2D eigenvalue weighted by atomic mass is 14.2. The third-order valence-corrected chi connectivity index (χ3v) is 2.57. The van der Waals surface area contributed by atoms with Crippen molar-refractivity contribution in [2.45, 2.75) is 27.2 Å². The molecule has 0 radical (unpaired) electrons. The molecule has 0 bridgehead atoms. The van der Waals surface area contributed by atoms with Crippen LogP contribution < -0.4 is 0 Å². The second-order valence-electron chi connectivity index (χ2n) is 4.16. The van der Waals surface area contributed by atoms with E-state index in [0.717, 1.165) is 0 Å². The Bertz CT molecular complexity index is 228. The van der Waals surface area contributed by atoms with Crippen molar-refractivity contribution in [3.8, 4) is 0 Å². The van der Waals surface area contributed by atoms with E-state index in [1.54, 1.807) is 0 Å². The van der Waals surface area contributed by atoms with Crippen molar-refractivity contribution in [3.63, 3.8) is 0 Å². The van der Waals surface area contributed by atoms with Crippen LogP contribution in [0.4, 0.5) is 0 Å². The van der Waals surface area contributed by atoms with Gasteiger partial charge in [-0.05, 0) is 17.9 Å². The largest absolute Gasteiger partial charge is 0.102 e. The molecule has 0 heteroatoms. The summed E-state index contributed by atoms with van der Waals surface area (Å²) in [5, 5.41) is 0. The summed E-state index contributed by atoms with van der Waals surface area (Å²) < 4.78 is 0. The molecule has 0 aliphatic heterocycles. The van der Waals surface area contributed by atoms with Gasteiger partial charge in [-0.2, -0.15) is 0 Å². The molecule has 1 aliphatic rings. The summed E-state index contributed by atoms with van der Waals surface area (Å²) in [5.41, 5.74) is 1.53. The van der Waals surface area contributed by atoms with Gasteiger partial charge >= 0.3 is 0 Å². The van der Waals surface area contributed by atoms with Gasteiger partial charge in [0.25, 0.3) is 0 Å². The van der Waals surface area contributed by atoms with Crippen molar-refractivity contribution in [3.05, 3.63) is 36.5 Å². The van der Waals surface area contributed by atoms with E-state index in [9.17, 15) is 0 Å². The van der Waals surface area contributed by atoms with Crippen LogP contribution in [-0.2, 0) is 0 Å². The Morgan fingerprint density at radius 1 is 1.58 bits per heavy atom. The number of allylic oxidation sites excluding steroid dienone is 5. The van der Waals surface area contributed by atoms with Gasteiger partial charge in [0.2, 0.25) is 0 Å². The lowest BCUT2D eigenvalue weighted by Crippen LogP contribution is -2.11. The SMILES string of the molecule is C=CC(C)(C)C1=CCC(C)C=C1. The molecule has 0 nitrogen and oxygen atoms in total. The molecule has 12 heavy (non-hydrogen) atoms. The monoisotopic (exact) mass is 162 g/mol. The van der Waals surface area contributed by atoms with E-state index in [1.807, 2.05) is 6.08 Å². The first-order valence-corrected chi connectivity index (χ1v) is 4.58. The van der Waals surface area contributed by atoms with Gasteiger partial charge in [0.15, 0.2) is 0 Å². The highest BCUT2D eigenvalue weighted by Crippen LogP contribution is 2.32. The average Bonchev–Trinajstić information content (AvgIpc) is 2.05. The lowest BCUT2D eigenvalue weighted by molar-refractivity contribution is 0.579. The molecule has 0 aromatic rings. The third kappa shape index (κ3) is 1.88. The maximum Gasteiger partial charge on any atom is 0.00694 e. The Morgan fingerprint density at radius 2 is 2.25 bits per heavy atom. The predicted octanol–water partition coefficient (Wildman–Crippen LogP) is 3.72. The molecule has 1 rings (SSSR count). The topological polar surface area (TPSA) is 0 Å². The summed E-state index contributed by atoms with van der Waals surface area (Å²) >= 11 is 0. The number of hydrogen-bond acceptors (Lipinski definition) is 0. The molecule has 1 unspecified atom stereocenters. The Hall–Kier alpha value is -0.780. The van der Waals surface area contributed by atoms with Crippen LogP contribution >= 0.6 is 0 Å². The standard InChI is InChI=1S/C12H18/c1-5-12(3,4)11-8-6-10(2)7-9-11/h5-6,8-10H,1,7H2,2-4H3. The minimum atomic E-state index is 0.136. The first-order chi connectivity index (χ1) is 5.56. The van der Waals surface area contributed by atoms with E-state index >= 15 is 0 Å². The zero-order valence-corrected chi connectivity index (χ0v) is 8.30. The van der Waals surface area contributed by atoms with Gasteiger partial charge in [0.05, 0.1) is 0 Å². The Balaban J connectivity index is 2.79. The van der Waals surface area contributed by atoms with Gasteiger partial charge < -0.3 is 0 Å². The summed E-state index contributed by atoms with van der Waals surface area (Å²) in [6, 6.07) is 0. The van der Waals surface area contributed by atoms with Crippen LogP contribution in [0, 0.1) is 11.3 Å². The molecule has 0 saturated carbocycles. The van der Waals surface area contributed by atoms with Crippen LogP contribution in [0.15, 0.2) is 36.5 Å². The third-order valence-electron chi connectivity index (χ3n) is 2.57. The van der Waals surface area contributed by atoms with Crippen LogP contribution in [-0.4, -0.2) is 0 Å². The molecule has 0 N–H and O–H groups in total. The minimum Gasteiger partial charge on any atom is -0.102 e. The number of rotatable bonds is 2. The van der Waals surface area contributed by atoms with E-state index in [2.05, 4.69) is 45.6 Å². The summed E-state index contributed by atoms with van der Waals surface area (Å²) in [5.74, 6) is 0.703. The van der Waals surface area contributed by atoms with Crippen molar-refractivity contribution in [1.29, 1.82) is 0 Å². The number of hydrogen-bond donors (Lipinski definition) is 0. The molecule has 0 spiro atoms. The van der Waals surface area contributed by atoms with Gasteiger partial charge in [0.1, 0.15) is 0 Å². The lowest BCUT2D eigenvalue weighted by atomic mass is 9.80. The Morgan fingerprint density at radius 3 is 2.67 bits per heavy atom. The van der Waals surface area contributed by atoms with Crippen LogP contribution in [0.2, 0.25) is 0 Å². The van der Waals surface area contributed by atoms with E-state index < -0.39 is 0 Å². The fourth-order valence-electron chi connectivity index (χ4n) is 1.32. The van der Waals surface area contributed by atoms with E-state index in [0.29, 0.717) is 5.92 Å². The van der Waals surface area contributed by atoms with Gasteiger partial charge in [-0.25, -0.2) is 0 Å². The summed E-state index contributed by atoms with van der Waals surface area (Å²) in [6.07, 6.45) is 10.0. The minimum absolute atomic E-state index is 0.136. The maximum atomic E-state index is 3.85. The zero-order chi connectivity index (χ0) is 9.19. The van der Waals surface area contributed by atoms with Crippen molar-refractivity contribution >= 4 is 0 Å². The Labute approximate surface area is 75.7 Å². The van der Waals surface area contributed by atoms with Gasteiger partial charge in [0, 0.05) is 5.41 Å². The highest BCUT2D eigenvalue weighted by molar-refractivity contribution is 5.32. The lowest BCUT2D eigenvalue weighted by Gasteiger charge is -2.24. The molecule has 66 valence electrons. The summed E-state index contributed by atoms with van der Waals surface area (Å²) in [4.78, 5) is 0. The van der Waals surface area contributed by atoms with Crippen molar-refractivity contribution in [2.75, 3.05) is 0 Å². The van der Waals surface area contributed by atoms with Gasteiger partial charge in [-0.15, -0.1) is 6.58 Å². The van der Waals surface area contributed by atoms with Crippen LogP contribution in [0.25, 0.3) is 0 Å². The summed E-state index contributed by atoms with van der Waals surface area (Å²) in [6.45, 7) is 10.5. The fraction of sp³-hybridized carbons (Fsp3) is 0.500. The molecular weight excluding hydrogens is 144 g/mol. The Kier molecular flexibility index (Phi) is 2.56. The quantitative estimate of drug-likeness (QED) is 0.543. The first-order valence-electron chi connectivity index (χ1n) is 4.58.